The Morgan fingerprint density at radius 1 is 1.23 bits per heavy atom. The average Bonchev–Trinajstić information content (AvgIpc) is 2.64. The molecule has 3 rings (SSSR count). The van der Waals surface area contributed by atoms with Gasteiger partial charge in [-0.1, -0.05) is 25.4 Å². The highest BCUT2D eigenvalue weighted by atomic mass is 35.5. The lowest BCUT2D eigenvalue weighted by molar-refractivity contribution is -0.0441. The van der Waals surface area contributed by atoms with Crippen molar-refractivity contribution in [2.45, 2.75) is 46.1 Å². The standard InChI is InChI=1S/C21H34ClN3O/c1-17(2)4-9-24-10-5-21(6-11-24)7-12-25(15-19(21)16-26)14-18-3-8-23-13-20(18)22/h3,8,13,17,19,26H,4-7,9-12,14-16H2,1-2H3/t19-/m1/s1. The van der Waals surface area contributed by atoms with Crippen LogP contribution in [0.3, 0.4) is 0 Å². The summed E-state index contributed by atoms with van der Waals surface area (Å²) < 4.78 is 0. The van der Waals surface area contributed by atoms with Crippen molar-refractivity contribution in [3.8, 4) is 0 Å². The van der Waals surface area contributed by atoms with Gasteiger partial charge >= 0.3 is 0 Å². The minimum Gasteiger partial charge on any atom is -0.396 e. The molecule has 2 aliphatic heterocycles. The molecule has 5 heteroatoms. The van der Waals surface area contributed by atoms with Crippen LogP contribution in [0.4, 0.5) is 0 Å². The Labute approximate surface area is 163 Å². The zero-order chi connectivity index (χ0) is 18.6. The molecule has 1 spiro atoms. The van der Waals surface area contributed by atoms with Crippen LogP contribution in [0.25, 0.3) is 0 Å². The van der Waals surface area contributed by atoms with Crippen LogP contribution in [0.2, 0.25) is 5.02 Å². The van der Waals surface area contributed by atoms with Crippen molar-refractivity contribution in [2.24, 2.45) is 17.3 Å². The highest BCUT2D eigenvalue weighted by molar-refractivity contribution is 6.31. The van der Waals surface area contributed by atoms with Crippen LogP contribution in [0.1, 0.15) is 45.1 Å². The van der Waals surface area contributed by atoms with Crippen LogP contribution in [0, 0.1) is 17.3 Å². The molecule has 2 aliphatic rings. The molecule has 0 aromatic carbocycles. The monoisotopic (exact) mass is 379 g/mol. The van der Waals surface area contributed by atoms with E-state index in [1.807, 2.05) is 12.3 Å². The Hall–Kier alpha value is -0.680. The molecule has 2 fully saturated rings. The largest absolute Gasteiger partial charge is 0.396 e. The van der Waals surface area contributed by atoms with E-state index in [1.165, 1.54) is 45.3 Å². The van der Waals surface area contributed by atoms with E-state index in [2.05, 4.69) is 28.6 Å². The Bertz CT molecular complexity index is 572. The molecule has 1 aromatic rings. The van der Waals surface area contributed by atoms with Gasteiger partial charge < -0.3 is 10.0 Å². The number of halogens is 1. The number of pyridine rings is 1. The molecule has 26 heavy (non-hydrogen) atoms. The van der Waals surface area contributed by atoms with Crippen LogP contribution < -0.4 is 0 Å². The molecule has 0 amide bonds. The third-order valence-electron chi connectivity index (χ3n) is 6.62. The van der Waals surface area contributed by atoms with Crippen molar-refractivity contribution in [2.75, 3.05) is 39.3 Å². The molecule has 1 atom stereocenters. The van der Waals surface area contributed by atoms with Gasteiger partial charge in [-0.25, -0.2) is 0 Å². The number of aliphatic hydroxyl groups is 1. The van der Waals surface area contributed by atoms with Crippen LogP contribution in [-0.2, 0) is 6.54 Å². The topological polar surface area (TPSA) is 39.6 Å². The van der Waals surface area contributed by atoms with E-state index < -0.39 is 0 Å². The Kier molecular flexibility index (Phi) is 6.95. The fourth-order valence-corrected chi connectivity index (χ4v) is 4.85. The molecule has 0 aliphatic carbocycles. The SMILES string of the molecule is CC(C)CCN1CCC2(CC1)CCN(Cc1ccncc1Cl)C[C@@H]2CO. The molecule has 2 saturated heterocycles. The number of hydrogen-bond acceptors (Lipinski definition) is 4. The van der Waals surface area contributed by atoms with E-state index >= 15 is 0 Å². The summed E-state index contributed by atoms with van der Waals surface area (Å²) in [5.41, 5.74) is 1.47. The Balaban J connectivity index is 1.56. The fourth-order valence-electron chi connectivity index (χ4n) is 4.67. The van der Waals surface area contributed by atoms with Gasteiger partial charge in [0.2, 0.25) is 0 Å². The van der Waals surface area contributed by atoms with Gasteiger partial charge in [0.25, 0.3) is 0 Å². The third-order valence-corrected chi connectivity index (χ3v) is 6.96. The van der Waals surface area contributed by atoms with E-state index in [4.69, 9.17) is 11.6 Å². The molecule has 1 aromatic heterocycles. The zero-order valence-electron chi connectivity index (χ0n) is 16.3. The van der Waals surface area contributed by atoms with Gasteiger partial charge in [-0.15, -0.1) is 0 Å². The summed E-state index contributed by atoms with van der Waals surface area (Å²) in [5, 5.41) is 10.9. The van der Waals surface area contributed by atoms with Crippen molar-refractivity contribution in [1.29, 1.82) is 0 Å². The summed E-state index contributed by atoms with van der Waals surface area (Å²) in [6.07, 6.45) is 8.48. The second kappa shape index (κ2) is 9.01. The molecule has 0 unspecified atom stereocenters. The van der Waals surface area contributed by atoms with Crippen molar-refractivity contribution < 1.29 is 5.11 Å². The summed E-state index contributed by atoms with van der Waals surface area (Å²) in [6, 6.07) is 2.01. The van der Waals surface area contributed by atoms with Crippen LogP contribution >= 0.6 is 11.6 Å². The summed E-state index contributed by atoms with van der Waals surface area (Å²) in [4.78, 5) is 9.16. The van der Waals surface area contributed by atoms with E-state index in [0.29, 0.717) is 17.9 Å². The maximum atomic E-state index is 10.1. The molecule has 4 nitrogen and oxygen atoms in total. The van der Waals surface area contributed by atoms with Crippen LogP contribution in [0.15, 0.2) is 18.5 Å². The van der Waals surface area contributed by atoms with Gasteiger partial charge in [0.05, 0.1) is 5.02 Å². The van der Waals surface area contributed by atoms with Crippen molar-refractivity contribution in [1.82, 2.24) is 14.8 Å². The first-order valence-electron chi connectivity index (χ1n) is 10.2. The van der Waals surface area contributed by atoms with Crippen LogP contribution in [-0.4, -0.2) is 59.2 Å². The fraction of sp³-hybridized carbons (Fsp3) is 0.762. The number of rotatable bonds is 6. The predicted molar refractivity (Wildman–Crippen MR) is 107 cm³/mol. The first-order valence-corrected chi connectivity index (χ1v) is 10.5. The molecular formula is C21H34ClN3O. The lowest BCUT2D eigenvalue weighted by atomic mass is 9.64. The third kappa shape index (κ3) is 4.78. The number of aromatic nitrogens is 1. The number of hydrogen-bond donors (Lipinski definition) is 1. The summed E-state index contributed by atoms with van der Waals surface area (Å²) in [7, 11) is 0. The summed E-state index contributed by atoms with van der Waals surface area (Å²) in [6.45, 7) is 11.4. The molecule has 0 saturated carbocycles. The lowest BCUT2D eigenvalue weighted by Gasteiger charge is -2.51. The smallest absolute Gasteiger partial charge is 0.0634 e. The first kappa shape index (κ1) is 20.1. The zero-order valence-corrected chi connectivity index (χ0v) is 17.1. The average molecular weight is 380 g/mol. The van der Waals surface area contributed by atoms with Crippen molar-refractivity contribution in [3.05, 3.63) is 29.0 Å². The molecule has 146 valence electrons. The van der Waals surface area contributed by atoms with Gasteiger partial charge in [-0.05, 0) is 74.8 Å². The maximum Gasteiger partial charge on any atom is 0.0634 e. The summed E-state index contributed by atoms with van der Waals surface area (Å²) >= 11 is 6.28. The van der Waals surface area contributed by atoms with Gasteiger partial charge in [0.1, 0.15) is 0 Å². The highest BCUT2D eigenvalue weighted by Gasteiger charge is 2.44. The molecule has 0 radical (unpaired) electrons. The van der Waals surface area contributed by atoms with E-state index in [-0.39, 0.29) is 0 Å². The van der Waals surface area contributed by atoms with Gasteiger partial charge in [0, 0.05) is 38.0 Å². The van der Waals surface area contributed by atoms with Crippen molar-refractivity contribution >= 4 is 11.6 Å². The Morgan fingerprint density at radius 3 is 2.54 bits per heavy atom. The lowest BCUT2D eigenvalue weighted by Crippen LogP contribution is -2.53. The second-order valence-corrected chi connectivity index (χ2v) is 9.13. The molecule has 0 bridgehead atoms. The first-order chi connectivity index (χ1) is 12.5. The Morgan fingerprint density at radius 2 is 1.92 bits per heavy atom. The maximum absolute atomic E-state index is 10.1. The number of likely N-dealkylation sites (tertiary alicyclic amines) is 2. The normalized spacial score (nSPS) is 24.4. The van der Waals surface area contributed by atoms with E-state index in [1.54, 1.807) is 6.20 Å². The van der Waals surface area contributed by atoms with Gasteiger partial charge in [0.15, 0.2) is 0 Å². The molecule has 1 N–H and O–H groups in total. The predicted octanol–water partition coefficient (Wildman–Crippen LogP) is 3.68. The minimum atomic E-state index is 0.298. The van der Waals surface area contributed by atoms with Gasteiger partial charge in [-0.3, -0.25) is 9.88 Å². The quantitative estimate of drug-likeness (QED) is 0.818. The second-order valence-electron chi connectivity index (χ2n) is 8.72. The number of aliphatic hydroxyl groups excluding tert-OH is 1. The number of nitrogens with zero attached hydrogens (tertiary/aromatic N) is 3. The highest BCUT2D eigenvalue weighted by Crippen LogP contribution is 2.45. The van der Waals surface area contributed by atoms with Gasteiger partial charge in [-0.2, -0.15) is 0 Å². The molecule has 3 heterocycles. The van der Waals surface area contributed by atoms with Crippen LogP contribution in [0.5, 0.6) is 0 Å². The summed E-state index contributed by atoms with van der Waals surface area (Å²) in [5.74, 6) is 1.16. The number of piperidine rings is 2. The van der Waals surface area contributed by atoms with Crippen molar-refractivity contribution in [3.63, 3.8) is 0 Å². The van der Waals surface area contributed by atoms with E-state index in [0.717, 1.165) is 36.1 Å². The van der Waals surface area contributed by atoms with E-state index in [9.17, 15) is 5.11 Å². The molecular weight excluding hydrogens is 346 g/mol. The minimum absolute atomic E-state index is 0.298.